The molecular formula is C20H22FNO3. The van der Waals surface area contributed by atoms with Crippen LogP contribution in [0.15, 0.2) is 42.5 Å². The van der Waals surface area contributed by atoms with Crippen LogP contribution >= 0.6 is 0 Å². The first kappa shape index (κ1) is 16.4. The summed E-state index contributed by atoms with van der Waals surface area (Å²) in [6, 6.07) is 12.3. The van der Waals surface area contributed by atoms with Crippen LogP contribution in [0.3, 0.4) is 0 Å². The molecule has 0 aromatic heterocycles. The van der Waals surface area contributed by atoms with Gasteiger partial charge in [-0.05, 0) is 43.1 Å². The number of likely N-dealkylation sites (tertiary alicyclic amines) is 1. The number of aliphatic hydroxyl groups is 1. The highest BCUT2D eigenvalue weighted by Gasteiger charge is 2.31. The number of aliphatic hydroxyl groups excluding tert-OH is 1. The van der Waals surface area contributed by atoms with Gasteiger partial charge < -0.3 is 14.6 Å². The van der Waals surface area contributed by atoms with Crippen molar-refractivity contribution in [3.8, 4) is 11.5 Å². The third-order valence-electron chi connectivity index (χ3n) is 4.98. The minimum atomic E-state index is -0.641. The maximum absolute atomic E-state index is 13.1. The summed E-state index contributed by atoms with van der Waals surface area (Å²) in [5, 5.41) is 10.6. The second-order valence-electron chi connectivity index (χ2n) is 6.59. The summed E-state index contributed by atoms with van der Waals surface area (Å²) in [5.74, 6) is 1.35. The van der Waals surface area contributed by atoms with Gasteiger partial charge in [0.1, 0.15) is 19.0 Å². The van der Waals surface area contributed by atoms with Gasteiger partial charge in [0.15, 0.2) is 11.5 Å². The summed E-state index contributed by atoms with van der Waals surface area (Å²) in [6.07, 6.45) is 1.46. The summed E-state index contributed by atoms with van der Waals surface area (Å²) in [6.45, 7) is 2.58. The van der Waals surface area contributed by atoms with Gasteiger partial charge in [0.2, 0.25) is 0 Å². The van der Waals surface area contributed by atoms with E-state index in [0.29, 0.717) is 19.8 Å². The molecule has 5 heteroatoms. The van der Waals surface area contributed by atoms with E-state index in [2.05, 4.69) is 11.0 Å². The highest BCUT2D eigenvalue weighted by Crippen LogP contribution is 2.43. The molecule has 1 saturated heterocycles. The number of ether oxygens (including phenoxy) is 2. The van der Waals surface area contributed by atoms with Gasteiger partial charge in [-0.1, -0.05) is 24.3 Å². The Morgan fingerprint density at radius 1 is 1.12 bits per heavy atom. The van der Waals surface area contributed by atoms with Gasteiger partial charge in [-0.15, -0.1) is 0 Å². The van der Waals surface area contributed by atoms with E-state index in [9.17, 15) is 9.50 Å². The van der Waals surface area contributed by atoms with Crippen molar-refractivity contribution in [2.75, 3.05) is 26.3 Å². The van der Waals surface area contributed by atoms with Crippen molar-refractivity contribution in [3.05, 3.63) is 59.4 Å². The van der Waals surface area contributed by atoms with Crippen LogP contribution in [0.5, 0.6) is 11.5 Å². The van der Waals surface area contributed by atoms with E-state index in [1.54, 1.807) is 12.1 Å². The second-order valence-corrected chi connectivity index (χ2v) is 6.59. The molecule has 2 aromatic rings. The molecule has 1 N–H and O–H groups in total. The molecule has 0 aliphatic carbocycles. The fourth-order valence-electron chi connectivity index (χ4n) is 3.77. The number of hydrogen-bond acceptors (Lipinski definition) is 4. The van der Waals surface area contributed by atoms with Crippen LogP contribution < -0.4 is 9.47 Å². The number of hydrogen-bond donors (Lipinski definition) is 1. The number of benzene rings is 2. The molecule has 2 aliphatic rings. The Morgan fingerprint density at radius 3 is 2.76 bits per heavy atom. The third-order valence-corrected chi connectivity index (χ3v) is 4.98. The van der Waals surface area contributed by atoms with E-state index in [1.165, 1.54) is 12.1 Å². The lowest BCUT2D eigenvalue weighted by atomic mass is 10.0. The third kappa shape index (κ3) is 3.34. The molecule has 4 rings (SSSR count). The van der Waals surface area contributed by atoms with E-state index in [1.807, 2.05) is 12.1 Å². The van der Waals surface area contributed by atoms with Gasteiger partial charge >= 0.3 is 0 Å². The molecule has 4 nitrogen and oxygen atoms in total. The number of nitrogens with zero attached hydrogens (tertiary/aromatic N) is 1. The predicted molar refractivity (Wildman–Crippen MR) is 92.3 cm³/mol. The number of halogens is 1. The van der Waals surface area contributed by atoms with E-state index in [-0.39, 0.29) is 11.9 Å². The summed E-state index contributed by atoms with van der Waals surface area (Å²) in [7, 11) is 0. The first-order chi connectivity index (χ1) is 12.2. The highest BCUT2D eigenvalue weighted by atomic mass is 19.1. The summed E-state index contributed by atoms with van der Waals surface area (Å²) < 4.78 is 24.6. The molecule has 2 aliphatic heterocycles. The zero-order valence-electron chi connectivity index (χ0n) is 14.0. The van der Waals surface area contributed by atoms with Crippen LogP contribution in [0.1, 0.15) is 36.1 Å². The normalized spacial score (nSPS) is 21.3. The maximum Gasteiger partial charge on any atom is 0.166 e. The van der Waals surface area contributed by atoms with Crippen molar-refractivity contribution in [2.24, 2.45) is 0 Å². The summed E-state index contributed by atoms with van der Waals surface area (Å²) >= 11 is 0. The van der Waals surface area contributed by atoms with Crippen LogP contribution in [0.4, 0.5) is 4.39 Å². The van der Waals surface area contributed by atoms with Crippen LogP contribution in [0, 0.1) is 5.82 Å². The van der Waals surface area contributed by atoms with Crippen LogP contribution in [-0.4, -0.2) is 36.3 Å². The molecule has 2 heterocycles. The number of para-hydroxylation sites is 1. The Bertz CT molecular complexity index is 734. The number of rotatable bonds is 4. The molecule has 2 aromatic carbocycles. The topological polar surface area (TPSA) is 41.9 Å². The lowest BCUT2D eigenvalue weighted by molar-refractivity contribution is 0.103. The Kier molecular flexibility index (Phi) is 4.59. The molecule has 0 spiro atoms. The van der Waals surface area contributed by atoms with Crippen LogP contribution in [-0.2, 0) is 0 Å². The van der Waals surface area contributed by atoms with Crippen molar-refractivity contribution in [2.45, 2.75) is 25.0 Å². The van der Waals surface area contributed by atoms with E-state index in [4.69, 9.17) is 9.47 Å². The zero-order chi connectivity index (χ0) is 17.2. The molecule has 0 radical (unpaired) electrons. The Hall–Kier alpha value is -2.11. The smallest absolute Gasteiger partial charge is 0.166 e. The molecule has 132 valence electrons. The predicted octanol–water partition coefficient (Wildman–Crippen LogP) is 3.47. The molecule has 1 fully saturated rings. The maximum atomic E-state index is 13.1. The molecule has 0 amide bonds. The van der Waals surface area contributed by atoms with E-state index < -0.39 is 6.10 Å². The van der Waals surface area contributed by atoms with Gasteiger partial charge in [-0.25, -0.2) is 4.39 Å². The van der Waals surface area contributed by atoms with Gasteiger partial charge in [-0.3, -0.25) is 4.90 Å². The molecule has 25 heavy (non-hydrogen) atoms. The Balaban J connectivity index is 1.54. The zero-order valence-corrected chi connectivity index (χ0v) is 14.0. The quantitative estimate of drug-likeness (QED) is 0.923. The standard InChI is InChI=1S/C20H22FNO3/c21-15-8-6-14(7-9-15)18(23)13-22-10-2-4-17(22)16-3-1-5-19-20(16)25-12-11-24-19/h1,3,5-9,17-18,23H,2,4,10-13H2. The second kappa shape index (κ2) is 7.02. The first-order valence-electron chi connectivity index (χ1n) is 8.78. The molecule has 2 atom stereocenters. The van der Waals surface area contributed by atoms with Gasteiger partial charge in [-0.2, -0.15) is 0 Å². The molecular weight excluding hydrogens is 321 g/mol. The van der Waals surface area contributed by atoms with Crippen molar-refractivity contribution in [1.29, 1.82) is 0 Å². The van der Waals surface area contributed by atoms with Crippen molar-refractivity contribution >= 4 is 0 Å². The highest BCUT2D eigenvalue weighted by molar-refractivity contribution is 5.49. The van der Waals surface area contributed by atoms with Gasteiger partial charge in [0.05, 0.1) is 6.10 Å². The summed E-state index contributed by atoms with van der Waals surface area (Å²) in [5.41, 5.74) is 1.86. The summed E-state index contributed by atoms with van der Waals surface area (Å²) in [4.78, 5) is 2.28. The Morgan fingerprint density at radius 2 is 1.92 bits per heavy atom. The average molecular weight is 343 g/mol. The van der Waals surface area contributed by atoms with Crippen molar-refractivity contribution < 1.29 is 19.0 Å². The molecule has 0 saturated carbocycles. The fourth-order valence-corrected chi connectivity index (χ4v) is 3.77. The minimum absolute atomic E-state index is 0.201. The van der Waals surface area contributed by atoms with Crippen molar-refractivity contribution in [1.82, 2.24) is 4.90 Å². The monoisotopic (exact) mass is 343 g/mol. The van der Waals surface area contributed by atoms with Gasteiger partial charge in [0.25, 0.3) is 0 Å². The Labute approximate surface area is 146 Å². The molecule has 0 bridgehead atoms. The average Bonchev–Trinajstić information content (AvgIpc) is 3.09. The lowest BCUT2D eigenvalue weighted by Gasteiger charge is -2.30. The minimum Gasteiger partial charge on any atom is -0.486 e. The molecule has 2 unspecified atom stereocenters. The lowest BCUT2D eigenvalue weighted by Crippen LogP contribution is -2.29. The van der Waals surface area contributed by atoms with E-state index >= 15 is 0 Å². The van der Waals surface area contributed by atoms with E-state index in [0.717, 1.165) is 42.0 Å². The number of fused-ring (bicyclic) bond motifs is 1. The SMILES string of the molecule is OC(CN1CCCC1c1cccc2c1OCCO2)c1ccc(F)cc1. The van der Waals surface area contributed by atoms with Crippen molar-refractivity contribution in [3.63, 3.8) is 0 Å². The van der Waals surface area contributed by atoms with Crippen LogP contribution in [0.2, 0.25) is 0 Å². The largest absolute Gasteiger partial charge is 0.486 e. The first-order valence-corrected chi connectivity index (χ1v) is 8.78. The van der Waals surface area contributed by atoms with Gasteiger partial charge in [0, 0.05) is 18.2 Å². The number of β-amino-alcohol motifs (C(OH)–C–C–N with tert-alkyl or cyclic N) is 1. The van der Waals surface area contributed by atoms with Crippen LogP contribution in [0.25, 0.3) is 0 Å². The fraction of sp³-hybridized carbons (Fsp3) is 0.400.